The predicted octanol–water partition coefficient (Wildman–Crippen LogP) is 2.50. The van der Waals surface area contributed by atoms with Crippen molar-refractivity contribution in [2.45, 2.75) is 38.8 Å². The van der Waals surface area contributed by atoms with Gasteiger partial charge in [0, 0.05) is 3.57 Å². The summed E-state index contributed by atoms with van der Waals surface area (Å²) in [5, 5.41) is 0. The van der Waals surface area contributed by atoms with Crippen LogP contribution in [0.2, 0.25) is 0 Å². The summed E-state index contributed by atoms with van der Waals surface area (Å²) in [5.41, 5.74) is 6.44. The summed E-state index contributed by atoms with van der Waals surface area (Å²) in [5.74, 6) is -0.350. The van der Waals surface area contributed by atoms with Gasteiger partial charge in [0.05, 0.1) is 0 Å². The molecule has 1 rings (SSSR count). The molecule has 17 heavy (non-hydrogen) atoms. The van der Waals surface area contributed by atoms with Gasteiger partial charge < -0.3 is 10.5 Å². The van der Waals surface area contributed by atoms with Gasteiger partial charge in [-0.3, -0.25) is 4.79 Å². The predicted molar refractivity (Wildman–Crippen MR) is 76.7 cm³/mol. The van der Waals surface area contributed by atoms with Crippen LogP contribution in [-0.2, 0) is 16.0 Å². The van der Waals surface area contributed by atoms with Crippen molar-refractivity contribution >= 4 is 28.6 Å². The number of nitrogens with two attached hydrogens (primary N) is 1. The first-order valence-corrected chi connectivity index (χ1v) is 6.59. The third-order valence-corrected chi connectivity index (χ3v) is 3.16. The number of halogens is 1. The maximum absolute atomic E-state index is 11.7. The van der Waals surface area contributed by atoms with Crippen LogP contribution in [0.5, 0.6) is 0 Å². The molecule has 3 nitrogen and oxygen atoms in total. The van der Waals surface area contributed by atoms with Gasteiger partial charge in [-0.05, 0) is 61.4 Å². The van der Waals surface area contributed by atoms with Crippen LogP contribution in [0.3, 0.4) is 0 Å². The number of esters is 1. The van der Waals surface area contributed by atoms with E-state index in [-0.39, 0.29) is 5.97 Å². The Morgan fingerprint density at radius 2 is 2.00 bits per heavy atom. The second kappa shape index (κ2) is 5.82. The highest BCUT2D eigenvalue weighted by molar-refractivity contribution is 14.1. The molecule has 0 aliphatic heterocycles. The van der Waals surface area contributed by atoms with Crippen molar-refractivity contribution in [3.8, 4) is 0 Å². The SMILES string of the molecule is CC(C)(C)OC(=O)C(N)Cc1ccccc1I. The molecule has 94 valence electrons. The van der Waals surface area contributed by atoms with Crippen LogP contribution in [0.25, 0.3) is 0 Å². The third-order valence-electron chi connectivity index (χ3n) is 2.11. The highest BCUT2D eigenvalue weighted by Gasteiger charge is 2.22. The number of hydrogen-bond donors (Lipinski definition) is 1. The molecule has 0 bridgehead atoms. The molecule has 0 saturated heterocycles. The summed E-state index contributed by atoms with van der Waals surface area (Å²) in [6.07, 6.45) is 0.508. The van der Waals surface area contributed by atoms with E-state index in [1.165, 1.54) is 0 Å². The summed E-state index contributed by atoms with van der Waals surface area (Å²) in [4.78, 5) is 11.7. The first kappa shape index (κ1) is 14.4. The molecule has 2 N–H and O–H groups in total. The van der Waals surface area contributed by atoms with Crippen LogP contribution < -0.4 is 5.73 Å². The maximum Gasteiger partial charge on any atom is 0.323 e. The van der Waals surface area contributed by atoms with Gasteiger partial charge in [-0.25, -0.2) is 0 Å². The van der Waals surface area contributed by atoms with E-state index in [1.54, 1.807) is 0 Å². The van der Waals surface area contributed by atoms with Crippen molar-refractivity contribution in [2.75, 3.05) is 0 Å². The van der Waals surface area contributed by atoms with E-state index in [9.17, 15) is 4.79 Å². The Labute approximate surface area is 116 Å². The molecule has 0 amide bonds. The van der Waals surface area contributed by atoms with E-state index >= 15 is 0 Å². The fourth-order valence-electron chi connectivity index (χ4n) is 1.36. The summed E-state index contributed by atoms with van der Waals surface area (Å²) in [6, 6.07) is 7.28. The van der Waals surface area contributed by atoms with Crippen LogP contribution in [0.15, 0.2) is 24.3 Å². The molecule has 0 fully saturated rings. The minimum Gasteiger partial charge on any atom is -0.459 e. The zero-order chi connectivity index (χ0) is 13.1. The number of rotatable bonds is 3. The Kier molecular flexibility index (Phi) is 4.94. The van der Waals surface area contributed by atoms with E-state index in [0.29, 0.717) is 6.42 Å². The topological polar surface area (TPSA) is 52.3 Å². The first-order chi connectivity index (χ1) is 7.79. The maximum atomic E-state index is 11.7. The number of carbonyl (C=O) groups is 1. The van der Waals surface area contributed by atoms with Gasteiger partial charge in [-0.15, -0.1) is 0 Å². The quantitative estimate of drug-likeness (QED) is 0.675. The largest absolute Gasteiger partial charge is 0.459 e. The van der Waals surface area contributed by atoms with Crippen LogP contribution in [0.1, 0.15) is 26.3 Å². The number of benzene rings is 1. The van der Waals surface area contributed by atoms with E-state index in [1.807, 2.05) is 45.0 Å². The lowest BCUT2D eigenvalue weighted by Crippen LogP contribution is -2.38. The Bertz CT molecular complexity index is 399. The van der Waals surface area contributed by atoms with Crippen molar-refractivity contribution < 1.29 is 9.53 Å². The summed E-state index contributed by atoms with van der Waals surface area (Å²) < 4.78 is 6.36. The lowest BCUT2D eigenvalue weighted by Gasteiger charge is -2.22. The average molecular weight is 347 g/mol. The van der Waals surface area contributed by atoms with Gasteiger partial charge >= 0.3 is 5.97 Å². The van der Waals surface area contributed by atoms with Crippen LogP contribution in [0, 0.1) is 3.57 Å². The van der Waals surface area contributed by atoms with Crippen molar-refractivity contribution in [3.63, 3.8) is 0 Å². The summed E-state index contributed by atoms with van der Waals surface area (Å²) in [7, 11) is 0. The molecule has 0 saturated carbocycles. The molecule has 1 aromatic rings. The van der Waals surface area contributed by atoms with Crippen molar-refractivity contribution in [3.05, 3.63) is 33.4 Å². The molecule has 1 unspecified atom stereocenters. The highest BCUT2D eigenvalue weighted by atomic mass is 127. The van der Waals surface area contributed by atoms with E-state index in [2.05, 4.69) is 22.6 Å². The molecule has 1 aromatic carbocycles. The zero-order valence-electron chi connectivity index (χ0n) is 10.4. The Balaban J connectivity index is 2.64. The minimum atomic E-state index is -0.606. The van der Waals surface area contributed by atoms with Crippen LogP contribution in [-0.4, -0.2) is 17.6 Å². The van der Waals surface area contributed by atoms with E-state index < -0.39 is 11.6 Å². The van der Waals surface area contributed by atoms with Gasteiger partial charge in [0.1, 0.15) is 11.6 Å². The molecule has 0 aromatic heterocycles. The molecular formula is C13H18INO2. The summed E-state index contributed by atoms with van der Waals surface area (Å²) in [6.45, 7) is 5.51. The van der Waals surface area contributed by atoms with Crippen molar-refractivity contribution in [2.24, 2.45) is 5.73 Å². The van der Waals surface area contributed by atoms with Gasteiger partial charge in [0.25, 0.3) is 0 Å². The second-order valence-corrected chi connectivity index (χ2v) is 6.10. The van der Waals surface area contributed by atoms with Crippen LogP contribution in [0.4, 0.5) is 0 Å². The highest BCUT2D eigenvalue weighted by Crippen LogP contribution is 2.15. The third kappa shape index (κ3) is 5.04. The number of hydrogen-bond acceptors (Lipinski definition) is 3. The molecule has 0 aliphatic carbocycles. The number of ether oxygens (including phenoxy) is 1. The Hall–Kier alpha value is -0.620. The first-order valence-electron chi connectivity index (χ1n) is 5.51. The van der Waals surface area contributed by atoms with Gasteiger partial charge in [0.15, 0.2) is 0 Å². The zero-order valence-corrected chi connectivity index (χ0v) is 12.5. The number of carbonyl (C=O) groups excluding carboxylic acids is 1. The lowest BCUT2D eigenvalue weighted by molar-refractivity contribution is -0.156. The summed E-state index contributed by atoms with van der Waals surface area (Å²) >= 11 is 2.24. The molecule has 0 radical (unpaired) electrons. The van der Waals surface area contributed by atoms with Crippen molar-refractivity contribution in [1.82, 2.24) is 0 Å². The molecule has 0 aliphatic rings. The molecule has 4 heteroatoms. The van der Waals surface area contributed by atoms with Gasteiger partial charge in [-0.2, -0.15) is 0 Å². The Morgan fingerprint density at radius 1 is 1.41 bits per heavy atom. The fourth-order valence-corrected chi connectivity index (χ4v) is 1.97. The minimum absolute atomic E-state index is 0.350. The molecular weight excluding hydrogens is 329 g/mol. The monoisotopic (exact) mass is 347 g/mol. The fraction of sp³-hybridized carbons (Fsp3) is 0.462. The molecule has 0 spiro atoms. The van der Waals surface area contributed by atoms with Gasteiger partial charge in [-0.1, -0.05) is 18.2 Å². The average Bonchev–Trinajstić information content (AvgIpc) is 2.18. The normalized spacial score (nSPS) is 13.2. The standard InChI is InChI=1S/C13H18INO2/c1-13(2,3)17-12(16)11(15)8-9-6-4-5-7-10(9)14/h4-7,11H,8,15H2,1-3H3. The van der Waals surface area contributed by atoms with Gasteiger partial charge in [0.2, 0.25) is 0 Å². The molecule has 0 heterocycles. The van der Waals surface area contributed by atoms with E-state index in [0.717, 1.165) is 9.13 Å². The molecule has 1 atom stereocenters. The smallest absolute Gasteiger partial charge is 0.323 e. The van der Waals surface area contributed by atoms with Crippen molar-refractivity contribution in [1.29, 1.82) is 0 Å². The Morgan fingerprint density at radius 3 is 2.53 bits per heavy atom. The van der Waals surface area contributed by atoms with Crippen LogP contribution >= 0.6 is 22.6 Å². The second-order valence-electron chi connectivity index (χ2n) is 4.94. The van der Waals surface area contributed by atoms with E-state index in [4.69, 9.17) is 10.5 Å². The lowest BCUT2D eigenvalue weighted by atomic mass is 10.1.